The molecule has 0 spiro atoms. The maximum absolute atomic E-state index is 11.0. The minimum Gasteiger partial charge on any atom is -0.547 e. The van der Waals surface area contributed by atoms with E-state index in [1.54, 1.807) is 0 Å². The summed E-state index contributed by atoms with van der Waals surface area (Å²) in [5.74, 6) is -1.05. The summed E-state index contributed by atoms with van der Waals surface area (Å²) in [5.41, 5.74) is 0. The number of carbonyl (C=O) groups excluding carboxylic acids is 1. The predicted molar refractivity (Wildman–Crippen MR) is 86.1 cm³/mol. The van der Waals surface area contributed by atoms with Crippen LogP contribution in [-0.2, 0) is 9.53 Å². The van der Waals surface area contributed by atoms with Crippen LogP contribution in [0.1, 0.15) is 97.3 Å². The third kappa shape index (κ3) is 14.1. The highest BCUT2D eigenvalue weighted by Gasteiger charge is 2.09. The van der Waals surface area contributed by atoms with Crippen molar-refractivity contribution in [2.24, 2.45) is 0 Å². The summed E-state index contributed by atoms with van der Waals surface area (Å²) in [4.78, 5) is 11.0. The Morgan fingerprint density at radius 2 is 1.29 bits per heavy atom. The minimum absolute atomic E-state index is 0.556. The molecule has 0 amide bonds. The molecule has 0 N–H and O–H groups in total. The summed E-state index contributed by atoms with van der Waals surface area (Å²) in [6, 6.07) is 0. The standard InChI is InChI=1S/C18H36O3/c1-3-5-7-9-11-13-15-17(18(19)20)21-16-14-12-10-8-6-4-2/h17H,3-16H2,1-2H3,(H,19,20)/p-1. The van der Waals surface area contributed by atoms with Gasteiger partial charge in [0.15, 0.2) is 0 Å². The monoisotopic (exact) mass is 299 g/mol. The van der Waals surface area contributed by atoms with Crippen LogP contribution in [0.2, 0.25) is 0 Å². The second kappa shape index (κ2) is 15.8. The first kappa shape index (κ1) is 20.4. The number of hydrogen-bond acceptors (Lipinski definition) is 3. The van der Waals surface area contributed by atoms with Gasteiger partial charge < -0.3 is 14.6 Å². The van der Waals surface area contributed by atoms with Crippen LogP contribution < -0.4 is 5.11 Å². The van der Waals surface area contributed by atoms with Crippen LogP contribution in [-0.4, -0.2) is 18.7 Å². The molecule has 0 aromatic carbocycles. The lowest BCUT2D eigenvalue weighted by atomic mass is 10.1. The molecular formula is C18H35O3-. The van der Waals surface area contributed by atoms with Gasteiger partial charge >= 0.3 is 0 Å². The lowest BCUT2D eigenvalue weighted by Crippen LogP contribution is -2.37. The maximum atomic E-state index is 11.0. The Kier molecular flexibility index (Phi) is 15.4. The Morgan fingerprint density at radius 3 is 1.81 bits per heavy atom. The van der Waals surface area contributed by atoms with Crippen molar-refractivity contribution in [3.63, 3.8) is 0 Å². The summed E-state index contributed by atoms with van der Waals surface area (Å²) in [6.07, 6.45) is 14.0. The van der Waals surface area contributed by atoms with E-state index in [1.165, 1.54) is 51.4 Å². The van der Waals surface area contributed by atoms with Crippen molar-refractivity contribution in [1.29, 1.82) is 0 Å². The average molecular weight is 299 g/mol. The van der Waals surface area contributed by atoms with Gasteiger partial charge in [0.1, 0.15) is 0 Å². The van der Waals surface area contributed by atoms with Gasteiger partial charge in [-0.05, 0) is 12.8 Å². The second-order valence-electron chi connectivity index (χ2n) is 6.00. The molecule has 0 aliphatic carbocycles. The topological polar surface area (TPSA) is 49.4 Å². The molecule has 1 unspecified atom stereocenters. The van der Waals surface area contributed by atoms with Crippen LogP contribution in [0.5, 0.6) is 0 Å². The molecule has 0 aromatic heterocycles. The Labute approximate surface area is 131 Å². The Morgan fingerprint density at radius 1 is 0.810 bits per heavy atom. The molecule has 3 nitrogen and oxygen atoms in total. The van der Waals surface area contributed by atoms with Crippen LogP contribution in [0.15, 0.2) is 0 Å². The van der Waals surface area contributed by atoms with Crippen molar-refractivity contribution in [2.45, 2.75) is 103 Å². The zero-order valence-corrected chi connectivity index (χ0v) is 14.2. The first-order valence-electron chi connectivity index (χ1n) is 9.04. The highest BCUT2D eigenvalue weighted by atomic mass is 16.5. The van der Waals surface area contributed by atoms with Gasteiger partial charge in [-0.2, -0.15) is 0 Å². The van der Waals surface area contributed by atoms with E-state index in [4.69, 9.17) is 4.74 Å². The summed E-state index contributed by atoms with van der Waals surface area (Å²) < 4.78 is 5.48. The minimum atomic E-state index is -1.05. The number of aliphatic carboxylic acids is 1. The zero-order valence-electron chi connectivity index (χ0n) is 14.2. The fraction of sp³-hybridized carbons (Fsp3) is 0.944. The summed E-state index contributed by atoms with van der Waals surface area (Å²) >= 11 is 0. The fourth-order valence-electron chi connectivity index (χ4n) is 2.49. The number of carbonyl (C=O) groups is 1. The van der Waals surface area contributed by atoms with E-state index in [0.717, 1.165) is 25.7 Å². The fourth-order valence-corrected chi connectivity index (χ4v) is 2.49. The molecule has 0 saturated carbocycles. The normalized spacial score (nSPS) is 12.5. The van der Waals surface area contributed by atoms with Crippen molar-refractivity contribution in [1.82, 2.24) is 0 Å². The number of ether oxygens (including phenoxy) is 1. The van der Waals surface area contributed by atoms with Gasteiger partial charge in [-0.15, -0.1) is 0 Å². The van der Waals surface area contributed by atoms with Crippen LogP contribution in [0.3, 0.4) is 0 Å². The number of rotatable bonds is 16. The molecule has 0 heterocycles. The Bertz CT molecular complexity index is 229. The number of unbranched alkanes of at least 4 members (excludes halogenated alkanes) is 10. The van der Waals surface area contributed by atoms with E-state index in [-0.39, 0.29) is 0 Å². The van der Waals surface area contributed by atoms with E-state index in [9.17, 15) is 9.90 Å². The number of carboxylic acids is 1. The molecule has 3 heteroatoms. The van der Waals surface area contributed by atoms with E-state index in [0.29, 0.717) is 13.0 Å². The first-order chi connectivity index (χ1) is 10.2. The first-order valence-corrected chi connectivity index (χ1v) is 9.04. The zero-order chi connectivity index (χ0) is 15.8. The Balaban J connectivity index is 3.52. The second-order valence-corrected chi connectivity index (χ2v) is 6.00. The van der Waals surface area contributed by atoms with E-state index in [2.05, 4.69) is 13.8 Å². The van der Waals surface area contributed by atoms with Gasteiger partial charge in [0, 0.05) is 6.61 Å². The molecule has 126 valence electrons. The lowest BCUT2D eigenvalue weighted by molar-refractivity contribution is -0.317. The molecule has 0 aliphatic heterocycles. The van der Waals surface area contributed by atoms with Crippen molar-refractivity contribution < 1.29 is 14.6 Å². The quantitative estimate of drug-likeness (QED) is 0.401. The maximum Gasteiger partial charge on any atom is 0.0968 e. The average Bonchev–Trinajstić information content (AvgIpc) is 2.47. The summed E-state index contributed by atoms with van der Waals surface area (Å²) in [6.45, 7) is 4.96. The molecule has 1 atom stereocenters. The van der Waals surface area contributed by atoms with E-state index < -0.39 is 12.1 Å². The molecular weight excluding hydrogens is 264 g/mol. The lowest BCUT2D eigenvalue weighted by Gasteiger charge is -2.18. The van der Waals surface area contributed by atoms with Crippen molar-refractivity contribution >= 4 is 5.97 Å². The van der Waals surface area contributed by atoms with Crippen LogP contribution in [0.4, 0.5) is 0 Å². The van der Waals surface area contributed by atoms with Gasteiger partial charge in [-0.3, -0.25) is 0 Å². The number of hydrogen-bond donors (Lipinski definition) is 0. The highest BCUT2D eigenvalue weighted by molar-refractivity contribution is 5.69. The molecule has 21 heavy (non-hydrogen) atoms. The van der Waals surface area contributed by atoms with E-state index in [1.807, 2.05) is 0 Å². The predicted octanol–water partition coefficient (Wildman–Crippen LogP) is 4.23. The van der Waals surface area contributed by atoms with Crippen LogP contribution in [0.25, 0.3) is 0 Å². The molecule has 0 bridgehead atoms. The summed E-state index contributed by atoms with van der Waals surface area (Å²) in [7, 11) is 0. The van der Waals surface area contributed by atoms with Gasteiger partial charge in [0.2, 0.25) is 0 Å². The molecule has 0 aliphatic rings. The van der Waals surface area contributed by atoms with Gasteiger partial charge in [0.05, 0.1) is 12.1 Å². The largest absolute Gasteiger partial charge is 0.547 e. The Hall–Kier alpha value is -0.570. The third-order valence-corrected chi connectivity index (χ3v) is 3.90. The summed E-state index contributed by atoms with van der Waals surface area (Å²) in [5, 5.41) is 11.0. The smallest absolute Gasteiger partial charge is 0.0968 e. The van der Waals surface area contributed by atoms with Gasteiger partial charge in [0.25, 0.3) is 0 Å². The van der Waals surface area contributed by atoms with Crippen molar-refractivity contribution in [3.05, 3.63) is 0 Å². The molecule has 0 radical (unpaired) electrons. The molecule has 0 rings (SSSR count). The number of carboxylic acid groups (broad SMARTS) is 1. The van der Waals surface area contributed by atoms with Gasteiger partial charge in [-0.25, -0.2) is 0 Å². The SMILES string of the molecule is CCCCCCCCOC(CCCCCCCC)C(=O)[O-]. The molecule has 0 saturated heterocycles. The third-order valence-electron chi connectivity index (χ3n) is 3.90. The van der Waals surface area contributed by atoms with E-state index >= 15 is 0 Å². The molecule has 0 fully saturated rings. The van der Waals surface area contributed by atoms with Crippen LogP contribution in [0, 0.1) is 0 Å². The van der Waals surface area contributed by atoms with Crippen LogP contribution >= 0.6 is 0 Å². The highest BCUT2D eigenvalue weighted by Crippen LogP contribution is 2.11. The van der Waals surface area contributed by atoms with Crippen molar-refractivity contribution in [3.8, 4) is 0 Å². The van der Waals surface area contributed by atoms with Crippen molar-refractivity contribution in [2.75, 3.05) is 6.61 Å². The van der Waals surface area contributed by atoms with Gasteiger partial charge in [-0.1, -0.05) is 84.5 Å². The molecule has 0 aromatic rings.